The summed E-state index contributed by atoms with van der Waals surface area (Å²) in [5, 5.41) is 6.86. The molecule has 2 saturated heterocycles. The molecular formula is C43H44N4O5. The predicted molar refractivity (Wildman–Crippen MR) is 203 cm³/mol. The highest BCUT2D eigenvalue weighted by molar-refractivity contribution is 6.00. The van der Waals surface area contributed by atoms with Crippen LogP contribution in [0.2, 0.25) is 0 Å². The molecule has 0 saturated carbocycles. The minimum Gasteiger partial charge on any atom is -0.456 e. The summed E-state index contributed by atoms with van der Waals surface area (Å²) >= 11 is 0. The van der Waals surface area contributed by atoms with Crippen LogP contribution in [0.4, 0.5) is 11.4 Å². The molecule has 5 aromatic rings. The van der Waals surface area contributed by atoms with E-state index in [2.05, 4.69) is 22.8 Å². The first-order valence-electron chi connectivity index (χ1n) is 18.3. The third-order valence-electron chi connectivity index (χ3n) is 10.1. The van der Waals surface area contributed by atoms with Crippen molar-refractivity contribution in [2.75, 3.05) is 23.7 Å². The Hall–Kier alpha value is -5.70. The van der Waals surface area contributed by atoms with Crippen molar-refractivity contribution >= 4 is 46.0 Å². The van der Waals surface area contributed by atoms with Crippen molar-refractivity contribution in [3.8, 4) is 11.3 Å². The third kappa shape index (κ3) is 8.26. The smallest absolute Gasteiger partial charge is 0.247 e. The first-order valence-corrected chi connectivity index (χ1v) is 18.3. The minimum atomic E-state index is -0.477. The number of likely N-dealkylation sites (tertiary alicyclic amines) is 2. The van der Waals surface area contributed by atoms with Gasteiger partial charge >= 0.3 is 0 Å². The van der Waals surface area contributed by atoms with Gasteiger partial charge in [0.2, 0.25) is 23.6 Å². The fraction of sp³-hybridized carbons (Fsp3) is 0.302. The Balaban J connectivity index is 0.926. The first kappa shape index (κ1) is 34.7. The monoisotopic (exact) mass is 696 g/mol. The summed E-state index contributed by atoms with van der Waals surface area (Å²) in [6.07, 6.45) is 5.95. The first-order chi connectivity index (χ1) is 25.4. The highest BCUT2D eigenvalue weighted by atomic mass is 16.3. The van der Waals surface area contributed by atoms with E-state index >= 15 is 0 Å². The standard InChI is InChI=1S/C43H44N4O5/c48-40(17-7-14-30-10-3-1-4-11-30)46-26-8-16-37(46)43(51)45-35-23-24-38-33(28-35)29-39(52-38)32-19-21-34(22-20-32)44-42(50)36-15-9-27-47(36)41(49)25-18-31-12-5-2-6-13-31/h1-6,10-13,19-24,28-29,36-37H,7-9,14-18,25-27H2,(H,44,50)(H,45,51)/t36-,37-/m0/s1. The largest absolute Gasteiger partial charge is 0.456 e. The predicted octanol–water partition coefficient (Wildman–Crippen LogP) is 7.61. The molecular weight excluding hydrogens is 652 g/mol. The number of hydrogen-bond donors (Lipinski definition) is 2. The molecule has 2 N–H and O–H groups in total. The van der Waals surface area contributed by atoms with Crippen LogP contribution in [0, 0.1) is 0 Å². The van der Waals surface area contributed by atoms with Crippen LogP contribution < -0.4 is 10.6 Å². The summed E-state index contributed by atoms with van der Waals surface area (Å²) in [4.78, 5) is 56.1. The molecule has 9 heteroatoms. The number of rotatable bonds is 12. The highest BCUT2D eigenvalue weighted by Gasteiger charge is 2.35. The molecule has 9 nitrogen and oxygen atoms in total. The number of benzene rings is 4. The van der Waals surface area contributed by atoms with Gasteiger partial charge < -0.3 is 24.9 Å². The molecule has 2 aliphatic rings. The number of carbonyl (C=O) groups excluding carboxylic acids is 4. The minimum absolute atomic E-state index is 0.00484. The second-order valence-electron chi connectivity index (χ2n) is 13.7. The summed E-state index contributed by atoms with van der Waals surface area (Å²) in [6.45, 7) is 1.19. The molecule has 0 spiro atoms. The zero-order chi connectivity index (χ0) is 35.9. The van der Waals surface area contributed by atoms with E-state index in [1.165, 1.54) is 5.56 Å². The number of furan rings is 1. The molecule has 52 heavy (non-hydrogen) atoms. The fourth-order valence-corrected chi connectivity index (χ4v) is 7.38. The molecule has 4 aromatic carbocycles. The molecule has 2 atom stereocenters. The summed E-state index contributed by atoms with van der Waals surface area (Å²) in [5.41, 5.74) is 5.13. The van der Waals surface area contributed by atoms with Crippen molar-refractivity contribution in [3.05, 3.63) is 120 Å². The van der Waals surface area contributed by atoms with E-state index in [0.717, 1.165) is 42.2 Å². The quantitative estimate of drug-likeness (QED) is 0.140. The Morgan fingerprint density at radius 2 is 1.17 bits per heavy atom. The van der Waals surface area contributed by atoms with Gasteiger partial charge in [0.25, 0.3) is 0 Å². The van der Waals surface area contributed by atoms with Crippen molar-refractivity contribution < 1.29 is 23.6 Å². The molecule has 1 aromatic heterocycles. The SMILES string of the molecule is O=C(Nc1ccc2oc(-c3ccc(NC(=O)[C@@H]4CCCN4C(=O)CCc4ccccc4)cc3)cc2c1)[C@@H]1CCCN1C(=O)CCCc1ccccc1. The maximum Gasteiger partial charge on any atom is 0.247 e. The number of amides is 4. The lowest BCUT2D eigenvalue weighted by molar-refractivity contribution is -0.136. The lowest BCUT2D eigenvalue weighted by Crippen LogP contribution is -2.43. The average molecular weight is 697 g/mol. The molecule has 4 amide bonds. The van der Waals surface area contributed by atoms with Gasteiger partial charge in [-0.15, -0.1) is 0 Å². The van der Waals surface area contributed by atoms with Crippen molar-refractivity contribution in [2.24, 2.45) is 0 Å². The third-order valence-corrected chi connectivity index (χ3v) is 10.1. The molecule has 0 aliphatic carbocycles. The number of nitrogens with one attached hydrogen (secondary N) is 2. The van der Waals surface area contributed by atoms with Gasteiger partial charge in [-0.05, 0) is 105 Å². The lowest BCUT2D eigenvalue weighted by atomic mass is 10.1. The Bertz CT molecular complexity index is 2030. The summed E-state index contributed by atoms with van der Waals surface area (Å²) in [5.74, 6) is 0.339. The lowest BCUT2D eigenvalue weighted by Gasteiger charge is -2.24. The van der Waals surface area contributed by atoms with Crippen molar-refractivity contribution in [1.29, 1.82) is 0 Å². The van der Waals surface area contributed by atoms with Crippen LogP contribution in [0.1, 0.15) is 56.1 Å². The van der Waals surface area contributed by atoms with Crippen LogP contribution in [0.3, 0.4) is 0 Å². The van der Waals surface area contributed by atoms with Crippen LogP contribution >= 0.6 is 0 Å². The summed E-state index contributed by atoms with van der Waals surface area (Å²) < 4.78 is 6.13. The van der Waals surface area contributed by atoms with Crippen LogP contribution in [0.25, 0.3) is 22.3 Å². The van der Waals surface area contributed by atoms with Gasteiger partial charge in [0, 0.05) is 48.3 Å². The number of hydrogen-bond acceptors (Lipinski definition) is 5. The van der Waals surface area contributed by atoms with E-state index in [-0.39, 0.29) is 23.6 Å². The van der Waals surface area contributed by atoms with Crippen LogP contribution in [-0.2, 0) is 32.0 Å². The molecule has 0 unspecified atom stereocenters. The van der Waals surface area contributed by atoms with Crippen LogP contribution in [0.5, 0.6) is 0 Å². The molecule has 2 aliphatic heterocycles. The Labute approximate surface area is 304 Å². The number of carbonyl (C=O) groups is 4. The van der Waals surface area contributed by atoms with E-state index in [4.69, 9.17) is 4.42 Å². The number of anilines is 2. The zero-order valence-electron chi connectivity index (χ0n) is 29.3. The van der Waals surface area contributed by atoms with Gasteiger partial charge in [-0.3, -0.25) is 19.2 Å². The highest BCUT2D eigenvalue weighted by Crippen LogP contribution is 2.31. The fourth-order valence-electron chi connectivity index (χ4n) is 7.38. The van der Waals surface area contributed by atoms with Crippen LogP contribution in [0.15, 0.2) is 114 Å². The van der Waals surface area contributed by atoms with E-state index in [0.29, 0.717) is 67.9 Å². The summed E-state index contributed by atoms with van der Waals surface area (Å²) in [7, 11) is 0. The topological polar surface area (TPSA) is 112 Å². The van der Waals surface area contributed by atoms with Gasteiger partial charge in [0.15, 0.2) is 0 Å². The van der Waals surface area contributed by atoms with E-state index < -0.39 is 12.1 Å². The molecule has 3 heterocycles. The summed E-state index contributed by atoms with van der Waals surface area (Å²) in [6, 6.07) is 34.0. The molecule has 0 bridgehead atoms. The molecule has 266 valence electrons. The van der Waals surface area contributed by atoms with Crippen LogP contribution in [-0.4, -0.2) is 58.6 Å². The van der Waals surface area contributed by atoms with Gasteiger partial charge in [0.1, 0.15) is 23.4 Å². The van der Waals surface area contributed by atoms with Gasteiger partial charge in [-0.25, -0.2) is 0 Å². The van der Waals surface area contributed by atoms with E-state index in [1.807, 2.05) is 97.1 Å². The Morgan fingerprint density at radius 1 is 0.615 bits per heavy atom. The van der Waals surface area contributed by atoms with Gasteiger partial charge in [-0.2, -0.15) is 0 Å². The van der Waals surface area contributed by atoms with Crippen molar-refractivity contribution in [3.63, 3.8) is 0 Å². The van der Waals surface area contributed by atoms with E-state index in [9.17, 15) is 19.2 Å². The Morgan fingerprint density at radius 3 is 1.81 bits per heavy atom. The maximum atomic E-state index is 13.3. The normalized spacial score (nSPS) is 17.0. The van der Waals surface area contributed by atoms with Crippen molar-refractivity contribution in [2.45, 2.75) is 69.9 Å². The zero-order valence-corrected chi connectivity index (χ0v) is 29.3. The van der Waals surface area contributed by atoms with Crippen molar-refractivity contribution in [1.82, 2.24) is 9.80 Å². The maximum absolute atomic E-state index is 13.3. The van der Waals surface area contributed by atoms with Gasteiger partial charge in [0.05, 0.1) is 0 Å². The average Bonchev–Trinajstić information content (AvgIpc) is 3.95. The van der Waals surface area contributed by atoms with E-state index in [1.54, 1.807) is 9.80 Å². The second kappa shape index (κ2) is 16.1. The number of fused-ring (bicyclic) bond motifs is 1. The number of aryl methyl sites for hydroxylation is 2. The molecule has 0 radical (unpaired) electrons. The van der Waals surface area contributed by atoms with Gasteiger partial charge in [-0.1, -0.05) is 60.7 Å². The second-order valence-corrected chi connectivity index (χ2v) is 13.7. The molecule has 7 rings (SSSR count). The molecule has 2 fully saturated rings. The number of nitrogens with zero attached hydrogens (tertiary/aromatic N) is 2. The Kier molecular flexibility index (Phi) is 10.8.